The molecule has 1 amide bonds. The number of nitriles is 1. The molecule has 1 aromatic heterocycles. The monoisotopic (exact) mass is 488 g/mol. The van der Waals surface area contributed by atoms with Gasteiger partial charge in [-0.25, -0.2) is 9.18 Å². The van der Waals surface area contributed by atoms with Crippen LogP contribution in [0.3, 0.4) is 0 Å². The number of nitrogens with zero attached hydrogens (tertiary/aromatic N) is 2. The number of anilines is 1. The first kappa shape index (κ1) is 19.6. The molecule has 0 saturated heterocycles. The fraction of sp³-hybridized carbons (Fsp3) is 0.188. The lowest BCUT2D eigenvalue weighted by atomic mass is 10.2. The summed E-state index contributed by atoms with van der Waals surface area (Å²) < 4.78 is 19.6. The normalized spacial score (nSPS) is 10.2. The molecule has 130 valence electrons. The molecular weight excluding hydrogens is 479 g/mol. The number of hydrogen-bond donors (Lipinski definition) is 0. The number of carbonyl (C=O) groups is 2. The fourth-order valence-electron chi connectivity index (χ4n) is 1.90. The number of hydrogen-bond acceptors (Lipinski definition) is 5. The third-order valence-corrected chi connectivity index (χ3v) is 6.30. The molecule has 0 fully saturated rings. The highest BCUT2D eigenvalue weighted by atomic mass is 79.9. The maximum Gasteiger partial charge on any atom is 0.348 e. The number of rotatable bonds is 6. The highest BCUT2D eigenvalue weighted by Gasteiger charge is 2.19. The van der Waals surface area contributed by atoms with Crippen LogP contribution in [0.1, 0.15) is 16.1 Å². The van der Waals surface area contributed by atoms with Crippen molar-refractivity contribution in [2.45, 2.75) is 6.42 Å². The number of benzene rings is 1. The second-order valence-corrected chi connectivity index (χ2v) is 7.96. The standard InChI is InChI=1S/C16H11Br2FN2O3S/c17-12-8-13(25-15(12)18)16(23)24-9-14(22)21(7-1-6-20)11-4-2-10(19)3-5-11/h2-5,8H,1,7,9H2. The van der Waals surface area contributed by atoms with E-state index in [9.17, 15) is 14.0 Å². The van der Waals surface area contributed by atoms with Crippen molar-refractivity contribution in [1.82, 2.24) is 0 Å². The lowest BCUT2D eigenvalue weighted by Gasteiger charge is -2.21. The summed E-state index contributed by atoms with van der Waals surface area (Å²) in [6, 6.07) is 8.84. The molecule has 0 saturated carbocycles. The molecule has 0 unspecified atom stereocenters. The Morgan fingerprint density at radius 1 is 1.28 bits per heavy atom. The predicted octanol–water partition coefficient (Wildman–Crippen LogP) is 4.52. The van der Waals surface area contributed by atoms with Gasteiger partial charge in [-0.05, 0) is 62.2 Å². The number of ether oxygens (including phenoxy) is 1. The molecule has 2 aromatic rings. The molecule has 0 spiro atoms. The molecule has 0 N–H and O–H groups in total. The van der Waals surface area contributed by atoms with Crippen LogP contribution in [0.25, 0.3) is 0 Å². The molecule has 0 atom stereocenters. The van der Waals surface area contributed by atoms with E-state index in [2.05, 4.69) is 31.9 Å². The molecule has 0 bridgehead atoms. The highest BCUT2D eigenvalue weighted by molar-refractivity contribution is 9.13. The minimum atomic E-state index is -0.621. The average molecular weight is 490 g/mol. The first-order valence-electron chi connectivity index (χ1n) is 6.97. The van der Waals surface area contributed by atoms with Crippen LogP contribution in [0.5, 0.6) is 0 Å². The van der Waals surface area contributed by atoms with Crippen molar-refractivity contribution in [1.29, 1.82) is 5.26 Å². The molecule has 0 aliphatic rings. The van der Waals surface area contributed by atoms with E-state index >= 15 is 0 Å². The first-order valence-corrected chi connectivity index (χ1v) is 9.37. The molecular formula is C16H11Br2FN2O3S. The Bertz CT molecular complexity index is 798. The van der Waals surface area contributed by atoms with Crippen LogP contribution in [0.4, 0.5) is 10.1 Å². The lowest BCUT2D eigenvalue weighted by Crippen LogP contribution is -2.35. The van der Waals surface area contributed by atoms with Gasteiger partial charge in [0.05, 0.1) is 16.3 Å². The molecule has 25 heavy (non-hydrogen) atoms. The van der Waals surface area contributed by atoms with Gasteiger partial charge in [-0.1, -0.05) is 0 Å². The van der Waals surface area contributed by atoms with Crippen molar-refractivity contribution in [3.63, 3.8) is 0 Å². The van der Waals surface area contributed by atoms with Gasteiger partial charge in [-0.3, -0.25) is 4.79 Å². The molecule has 1 aromatic carbocycles. The van der Waals surface area contributed by atoms with E-state index in [-0.39, 0.29) is 13.0 Å². The number of amides is 1. The van der Waals surface area contributed by atoms with Crippen LogP contribution in [-0.2, 0) is 9.53 Å². The van der Waals surface area contributed by atoms with E-state index in [1.54, 1.807) is 6.07 Å². The Morgan fingerprint density at radius 3 is 2.52 bits per heavy atom. The Labute approximate surface area is 164 Å². The number of halogens is 3. The van der Waals surface area contributed by atoms with Crippen molar-refractivity contribution < 1.29 is 18.7 Å². The van der Waals surface area contributed by atoms with Crippen LogP contribution < -0.4 is 4.90 Å². The molecule has 0 aliphatic heterocycles. The van der Waals surface area contributed by atoms with Crippen LogP contribution in [-0.4, -0.2) is 25.0 Å². The van der Waals surface area contributed by atoms with Crippen LogP contribution in [0.2, 0.25) is 0 Å². The molecule has 1 heterocycles. The maximum absolute atomic E-state index is 13.0. The Kier molecular flexibility index (Phi) is 7.11. The molecule has 9 heteroatoms. The van der Waals surface area contributed by atoms with Gasteiger partial charge in [-0.15, -0.1) is 11.3 Å². The van der Waals surface area contributed by atoms with Gasteiger partial charge in [0.15, 0.2) is 6.61 Å². The lowest BCUT2D eigenvalue weighted by molar-refractivity contribution is -0.121. The SMILES string of the molecule is N#CCCN(C(=O)COC(=O)c1cc(Br)c(Br)s1)c1ccc(F)cc1. The van der Waals surface area contributed by atoms with E-state index in [1.807, 2.05) is 6.07 Å². The van der Waals surface area contributed by atoms with Crippen molar-refractivity contribution in [2.75, 3.05) is 18.1 Å². The van der Waals surface area contributed by atoms with Gasteiger partial charge >= 0.3 is 5.97 Å². The number of esters is 1. The first-order chi connectivity index (χ1) is 11.9. The quantitative estimate of drug-likeness (QED) is 0.559. The summed E-state index contributed by atoms with van der Waals surface area (Å²) in [5.41, 5.74) is 0.430. The summed E-state index contributed by atoms with van der Waals surface area (Å²) in [6.07, 6.45) is 0.0991. The zero-order chi connectivity index (χ0) is 18.4. The van der Waals surface area contributed by atoms with E-state index in [0.29, 0.717) is 10.6 Å². The molecule has 0 radical (unpaired) electrons. The summed E-state index contributed by atoms with van der Waals surface area (Å²) in [5.74, 6) is -1.55. The molecule has 5 nitrogen and oxygen atoms in total. The van der Waals surface area contributed by atoms with E-state index in [1.165, 1.54) is 40.5 Å². The van der Waals surface area contributed by atoms with Crippen LogP contribution >= 0.6 is 43.2 Å². The summed E-state index contributed by atoms with van der Waals surface area (Å²) in [7, 11) is 0. The minimum Gasteiger partial charge on any atom is -0.451 e. The maximum atomic E-state index is 13.0. The smallest absolute Gasteiger partial charge is 0.348 e. The zero-order valence-electron chi connectivity index (χ0n) is 12.7. The van der Waals surface area contributed by atoms with E-state index in [4.69, 9.17) is 10.00 Å². The van der Waals surface area contributed by atoms with E-state index < -0.39 is 24.3 Å². The third kappa shape index (κ3) is 5.36. The topological polar surface area (TPSA) is 70.4 Å². The number of carbonyl (C=O) groups excluding carboxylic acids is 2. The summed E-state index contributed by atoms with van der Waals surface area (Å²) in [4.78, 5) is 26.0. The Hall–Kier alpha value is -1.76. The van der Waals surface area contributed by atoms with Crippen molar-refractivity contribution >= 4 is 60.8 Å². The van der Waals surface area contributed by atoms with Gasteiger partial charge in [-0.2, -0.15) is 5.26 Å². The second kappa shape index (κ2) is 9.08. The van der Waals surface area contributed by atoms with Gasteiger partial charge in [0.1, 0.15) is 10.7 Å². The van der Waals surface area contributed by atoms with Gasteiger partial charge in [0, 0.05) is 16.7 Å². The summed E-state index contributed by atoms with van der Waals surface area (Å²) >= 11 is 7.73. The fourth-order valence-corrected chi connectivity index (χ4v) is 3.83. The van der Waals surface area contributed by atoms with Gasteiger partial charge in [0.2, 0.25) is 0 Å². The highest BCUT2D eigenvalue weighted by Crippen LogP contribution is 2.32. The van der Waals surface area contributed by atoms with Crippen LogP contribution in [0, 0.1) is 17.1 Å². The summed E-state index contributed by atoms with van der Waals surface area (Å²) in [6.45, 7) is -0.358. The van der Waals surface area contributed by atoms with Gasteiger partial charge in [0.25, 0.3) is 5.91 Å². The molecule has 0 aliphatic carbocycles. The predicted molar refractivity (Wildman–Crippen MR) is 99.0 cm³/mol. The van der Waals surface area contributed by atoms with Crippen molar-refractivity contribution in [2.24, 2.45) is 0 Å². The average Bonchev–Trinajstić information content (AvgIpc) is 2.93. The largest absolute Gasteiger partial charge is 0.451 e. The van der Waals surface area contributed by atoms with E-state index in [0.717, 1.165) is 8.26 Å². The van der Waals surface area contributed by atoms with Crippen molar-refractivity contribution in [3.8, 4) is 6.07 Å². The zero-order valence-corrected chi connectivity index (χ0v) is 16.7. The molecule has 2 rings (SSSR count). The van der Waals surface area contributed by atoms with Gasteiger partial charge < -0.3 is 9.64 Å². The summed E-state index contributed by atoms with van der Waals surface area (Å²) in [5, 5.41) is 8.74. The third-order valence-electron chi connectivity index (χ3n) is 3.06. The Morgan fingerprint density at radius 2 is 1.96 bits per heavy atom. The Balaban J connectivity index is 2.05. The number of thiophene rings is 1. The van der Waals surface area contributed by atoms with Crippen molar-refractivity contribution in [3.05, 3.63) is 49.3 Å². The minimum absolute atomic E-state index is 0.0991. The van der Waals surface area contributed by atoms with Crippen LogP contribution in [0.15, 0.2) is 38.6 Å². The second-order valence-electron chi connectivity index (χ2n) is 4.74.